The molecule has 1 aromatic rings. The summed E-state index contributed by atoms with van der Waals surface area (Å²) in [6, 6.07) is 5.58. The van der Waals surface area contributed by atoms with Gasteiger partial charge in [0.2, 0.25) is 5.91 Å². The molecule has 0 saturated heterocycles. The van der Waals surface area contributed by atoms with Crippen LogP contribution in [0.15, 0.2) is 22.7 Å². The summed E-state index contributed by atoms with van der Waals surface area (Å²) in [5, 5.41) is 6.17. The SMILES string of the molecule is CC(C)CNC1C(=O)Nc2cccc(Br)c21. The lowest BCUT2D eigenvalue weighted by Gasteiger charge is -2.14. The number of benzene rings is 1. The monoisotopic (exact) mass is 282 g/mol. The first kappa shape index (κ1) is 11.6. The first-order valence-corrected chi connectivity index (χ1v) is 6.21. The molecule has 0 bridgehead atoms. The van der Waals surface area contributed by atoms with Crippen LogP contribution in [-0.2, 0) is 4.79 Å². The number of nitrogens with one attached hydrogen (secondary N) is 2. The number of halogens is 1. The number of hydrogen-bond donors (Lipinski definition) is 2. The Morgan fingerprint density at radius 2 is 2.25 bits per heavy atom. The Morgan fingerprint density at radius 3 is 2.94 bits per heavy atom. The molecule has 3 nitrogen and oxygen atoms in total. The van der Waals surface area contributed by atoms with Gasteiger partial charge in [-0.25, -0.2) is 0 Å². The molecule has 0 saturated carbocycles. The van der Waals surface area contributed by atoms with Gasteiger partial charge >= 0.3 is 0 Å². The molecular weight excluding hydrogens is 268 g/mol. The molecule has 2 rings (SSSR count). The second-order valence-electron chi connectivity index (χ2n) is 4.43. The Labute approximate surface area is 104 Å². The molecule has 0 fully saturated rings. The first-order valence-electron chi connectivity index (χ1n) is 5.42. The van der Waals surface area contributed by atoms with Crippen LogP contribution in [0.2, 0.25) is 0 Å². The van der Waals surface area contributed by atoms with Gasteiger partial charge in [0.05, 0.1) is 0 Å². The average Bonchev–Trinajstić information content (AvgIpc) is 2.52. The van der Waals surface area contributed by atoms with Crippen LogP contribution in [0.25, 0.3) is 0 Å². The third-order valence-electron chi connectivity index (χ3n) is 2.59. The van der Waals surface area contributed by atoms with Crippen LogP contribution in [0, 0.1) is 5.92 Å². The third-order valence-corrected chi connectivity index (χ3v) is 3.28. The van der Waals surface area contributed by atoms with E-state index in [1.807, 2.05) is 18.2 Å². The largest absolute Gasteiger partial charge is 0.324 e. The topological polar surface area (TPSA) is 41.1 Å². The van der Waals surface area contributed by atoms with E-state index in [1.165, 1.54) is 0 Å². The first-order chi connectivity index (χ1) is 7.59. The maximum atomic E-state index is 11.8. The number of fused-ring (bicyclic) bond motifs is 1. The van der Waals surface area contributed by atoms with Crippen molar-refractivity contribution in [3.63, 3.8) is 0 Å². The molecule has 0 aromatic heterocycles. The quantitative estimate of drug-likeness (QED) is 0.895. The summed E-state index contributed by atoms with van der Waals surface area (Å²) in [4.78, 5) is 11.8. The van der Waals surface area contributed by atoms with Crippen LogP contribution < -0.4 is 10.6 Å². The van der Waals surface area contributed by atoms with Crippen molar-refractivity contribution in [1.82, 2.24) is 5.32 Å². The Balaban J connectivity index is 2.25. The van der Waals surface area contributed by atoms with Crippen LogP contribution in [-0.4, -0.2) is 12.5 Å². The van der Waals surface area contributed by atoms with Crippen molar-refractivity contribution < 1.29 is 4.79 Å². The molecule has 1 atom stereocenters. The Kier molecular flexibility index (Phi) is 3.30. The van der Waals surface area contributed by atoms with Crippen LogP contribution in [0.5, 0.6) is 0 Å². The van der Waals surface area contributed by atoms with Gasteiger partial charge in [0.1, 0.15) is 6.04 Å². The maximum Gasteiger partial charge on any atom is 0.246 e. The molecule has 1 aliphatic rings. The highest BCUT2D eigenvalue weighted by molar-refractivity contribution is 9.10. The Morgan fingerprint density at radius 1 is 1.50 bits per heavy atom. The van der Waals surface area contributed by atoms with Crippen molar-refractivity contribution >= 4 is 27.5 Å². The number of carbonyl (C=O) groups excluding carboxylic acids is 1. The van der Waals surface area contributed by atoms with Gasteiger partial charge in [0, 0.05) is 15.7 Å². The van der Waals surface area contributed by atoms with Crippen molar-refractivity contribution in [2.45, 2.75) is 19.9 Å². The molecule has 1 aliphatic heterocycles. The Bertz CT molecular complexity index is 417. The van der Waals surface area contributed by atoms with Crippen LogP contribution in [0.3, 0.4) is 0 Å². The zero-order valence-electron chi connectivity index (χ0n) is 9.38. The molecule has 1 heterocycles. The van der Waals surface area contributed by atoms with E-state index >= 15 is 0 Å². The van der Waals surface area contributed by atoms with E-state index in [0.29, 0.717) is 5.92 Å². The van der Waals surface area contributed by atoms with Gasteiger partial charge < -0.3 is 10.6 Å². The minimum absolute atomic E-state index is 0.0301. The lowest BCUT2D eigenvalue weighted by Crippen LogP contribution is -2.30. The minimum Gasteiger partial charge on any atom is -0.324 e. The van der Waals surface area contributed by atoms with Crippen LogP contribution in [0.1, 0.15) is 25.5 Å². The van der Waals surface area contributed by atoms with Crippen molar-refractivity contribution in [3.8, 4) is 0 Å². The summed E-state index contributed by atoms with van der Waals surface area (Å²) < 4.78 is 0.976. The molecule has 86 valence electrons. The zero-order valence-corrected chi connectivity index (χ0v) is 11.0. The summed E-state index contributed by atoms with van der Waals surface area (Å²) in [5.74, 6) is 0.557. The molecular formula is C12H15BrN2O. The standard InChI is InChI=1S/C12H15BrN2O/c1-7(2)6-14-11-10-8(13)4-3-5-9(10)15-12(11)16/h3-5,7,11,14H,6H2,1-2H3,(H,15,16). The normalized spacial score (nSPS) is 18.8. The highest BCUT2D eigenvalue weighted by Gasteiger charge is 2.31. The van der Waals surface area contributed by atoms with Gasteiger partial charge in [-0.05, 0) is 24.6 Å². The van der Waals surface area contributed by atoms with E-state index in [1.54, 1.807) is 0 Å². The van der Waals surface area contributed by atoms with Gasteiger partial charge in [-0.2, -0.15) is 0 Å². The molecule has 0 spiro atoms. The van der Waals surface area contributed by atoms with E-state index in [4.69, 9.17) is 0 Å². The molecule has 2 N–H and O–H groups in total. The number of anilines is 1. The molecule has 1 aromatic carbocycles. The highest BCUT2D eigenvalue weighted by atomic mass is 79.9. The van der Waals surface area contributed by atoms with Gasteiger partial charge in [-0.1, -0.05) is 35.8 Å². The average molecular weight is 283 g/mol. The molecule has 0 radical (unpaired) electrons. The van der Waals surface area contributed by atoms with Crippen molar-refractivity contribution in [2.24, 2.45) is 5.92 Å². The summed E-state index contributed by atoms with van der Waals surface area (Å²) >= 11 is 3.49. The summed E-state index contributed by atoms with van der Waals surface area (Å²) in [6.07, 6.45) is 0. The number of rotatable bonds is 3. The molecule has 1 amide bonds. The predicted octanol–water partition coefficient (Wildman–Crippen LogP) is 2.69. The van der Waals surface area contributed by atoms with Crippen LogP contribution >= 0.6 is 15.9 Å². The molecule has 1 unspecified atom stereocenters. The molecule has 16 heavy (non-hydrogen) atoms. The predicted molar refractivity (Wildman–Crippen MR) is 68.4 cm³/mol. The Hall–Kier alpha value is -0.870. The minimum atomic E-state index is -0.229. The lowest BCUT2D eigenvalue weighted by atomic mass is 10.1. The van der Waals surface area contributed by atoms with E-state index in [0.717, 1.165) is 22.3 Å². The maximum absolute atomic E-state index is 11.8. The fourth-order valence-electron chi connectivity index (χ4n) is 1.82. The van der Waals surface area contributed by atoms with E-state index in [9.17, 15) is 4.79 Å². The smallest absolute Gasteiger partial charge is 0.246 e. The second-order valence-corrected chi connectivity index (χ2v) is 5.28. The highest BCUT2D eigenvalue weighted by Crippen LogP contribution is 2.36. The van der Waals surface area contributed by atoms with E-state index in [2.05, 4.69) is 40.4 Å². The fourth-order valence-corrected chi connectivity index (χ4v) is 2.42. The van der Waals surface area contributed by atoms with Crippen molar-refractivity contribution in [1.29, 1.82) is 0 Å². The van der Waals surface area contributed by atoms with E-state index < -0.39 is 0 Å². The number of hydrogen-bond acceptors (Lipinski definition) is 2. The third kappa shape index (κ3) is 2.13. The summed E-state index contributed by atoms with van der Waals surface area (Å²) in [6.45, 7) is 5.08. The number of carbonyl (C=O) groups is 1. The summed E-state index contributed by atoms with van der Waals surface area (Å²) in [5.41, 5.74) is 1.92. The van der Waals surface area contributed by atoms with Gasteiger partial charge in [0.25, 0.3) is 0 Å². The fraction of sp³-hybridized carbons (Fsp3) is 0.417. The van der Waals surface area contributed by atoms with Crippen LogP contribution in [0.4, 0.5) is 5.69 Å². The molecule has 0 aliphatic carbocycles. The van der Waals surface area contributed by atoms with Gasteiger partial charge in [0.15, 0.2) is 0 Å². The molecule has 4 heteroatoms. The van der Waals surface area contributed by atoms with Gasteiger partial charge in [-0.3, -0.25) is 4.79 Å². The van der Waals surface area contributed by atoms with Crippen molar-refractivity contribution in [3.05, 3.63) is 28.2 Å². The summed E-state index contributed by atoms with van der Waals surface area (Å²) in [7, 11) is 0. The second kappa shape index (κ2) is 4.55. The lowest BCUT2D eigenvalue weighted by molar-refractivity contribution is -0.117. The van der Waals surface area contributed by atoms with E-state index in [-0.39, 0.29) is 11.9 Å². The van der Waals surface area contributed by atoms with Crippen molar-refractivity contribution in [2.75, 3.05) is 11.9 Å². The number of amides is 1. The zero-order chi connectivity index (χ0) is 11.7. The van der Waals surface area contributed by atoms with Gasteiger partial charge in [-0.15, -0.1) is 0 Å².